The molecule has 1 aliphatic heterocycles. The summed E-state index contributed by atoms with van der Waals surface area (Å²) in [4.78, 5) is 35.6. The maximum absolute atomic E-state index is 13.4. The van der Waals surface area contributed by atoms with Crippen molar-refractivity contribution in [2.45, 2.75) is 57.2 Å². The Morgan fingerprint density at radius 2 is 1.82 bits per heavy atom. The van der Waals surface area contributed by atoms with Crippen LogP contribution in [0.4, 0.5) is 5.82 Å². The molecule has 1 N–H and O–H groups in total. The molecule has 4 aromatic rings. The summed E-state index contributed by atoms with van der Waals surface area (Å²) in [6, 6.07) is 9.33. The first-order valence-corrected chi connectivity index (χ1v) is 13.3. The highest BCUT2D eigenvalue weighted by Crippen LogP contribution is 2.39. The molecular weight excluding hydrogens is 492 g/mol. The van der Waals surface area contributed by atoms with Crippen LogP contribution in [0.25, 0.3) is 28.0 Å². The number of amides is 1. The highest BCUT2D eigenvalue weighted by atomic mass is 16.3. The van der Waals surface area contributed by atoms with Crippen LogP contribution < -0.4 is 4.90 Å². The lowest BCUT2D eigenvalue weighted by molar-refractivity contribution is -0.153. The SMILES string of the molecule is C[C@@H]1CN(c2ncnc3c2c(-c2ccncc2)cn3-c2cc(C#N)ccn2)[C@@H](C)CN1C(=O)C1(O)CCCC1. The zero-order valence-corrected chi connectivity index (χ0v) is 22.0. The van der Waals surface area contributed by atoms with E-state index in [4.69, 9.17) is 4.98 Å². The van der Waals surface area contributed by atoms with E-state index in [9.17, 15) is 15.2 Å². The van der Waals surface area contributed by atoms with E-state index in [0.29, 0.717) is 43.0 Å². The lowest BCUT2D eigenvalue weighted by Gasteiger charge is -2.46. The lowest BCUT2D eigenvalue weighted by Crippen LogP contribution is -2.62. The second-order valence-electron chi connectivity index (χ2n) is 10.6. The van der Waals surface area contributed by atoms with Gasteiger partial charge in [-0.05, 0) is 69.4 Å². The van der Waals surface area contributed by atoms with Crippen molar-refractivity contribution in [2.24, 2.45) is 0 Å². The van der Waals surface area contributed by atoms with Gasteiger partial charge in [0, 0.05) is 55.5 Å². The predicted molar refractivity (Wildman–Crippen MR) is 146 cm³/mol. The fourth-order valence-corrected chi connectivity index (χ4v) is 5.95. The number of nitriles is 1. The fraction of sp³-hybridized carbons (Fsp3) is 0.379. The molecule has 4 aromatic heterocycles. The zero-order chi connectivity index (χ0) is 27.1. The average Bonchev–Trinajstić information content (AvgIpc) is 3.59. The van der Waals surface area contributed by atoms with Gasteiger partial charge in [-0.25, -0.2) is 15.0 Å². The maximum Gasteiger partial charge on any atom is 0.254 e. The summed E-state index contributed by atoms with van der Waals surface area (Å²) in [5.74, 6) is 1.21. The highest BCUT2D eigenvalue weighted by molar-refractivity contribution is 6.02. The second kappa shape index (κ2) is 9.75. The van der Waals surface area contributed by atoms with Crippen molar-refractivity contribution in [1.29, 1.82) is 5.26 Å². The van der Waals surface area contributed by atoms with Gasteiger partial charge in [0.25, 0.3) is 5.91 Å². The number of fused-ring (bicyclic) bond motifs is 1. The fourth-order valence-electron chi connectivity index (χ4n) is 5.95. The van der Waals surface area contributed by atoms with Crippen molar-refractivity contribution >= 4 is 22.8 Å². The van der Waals surface area contributed by atoms with Gasteiger partial charge in [0.1, 0.15) is 23.6 Å². The van der Waals surface area contributed by atoms with Gasteiger partial charge in [0.15, 0.2) is 5.65 Å². The number of hydrogen-bond acceptors (Lipinski definition) is 8. The summed E-state index contributed by atoms with van der Waals surface area (Å²) in [5.41, 5.74) is 1.82. The maximum atomic E-state index is 13.4. The minimum Gasteiger partial charge on any atom is -0.380 e. The van der Waals surface area contributed by atoms with Crippen LogP contribution in [-0.2, 0) is 4.79 Å². The number of aromatic nitrogens is 5. The molecule has 0 spiro atoms. The van der Waals surface area contributed by atoms with Crippen molar-refractivity contribution in [1.82, 2.24) is 29.4 Å². The lowest BCUT2D eigenvalue weighted by atomic mass is 9.97. The molecule has 1 amide bonds. The number of piperazine rings is 1. The number of rotatable bonds is 4. The number of nitrogens with zero attached hydrogens (tertiary/aromatic N) is 8. The molecule has 1 aliphatic carbocycles. The minimum absolute atomic E-state index is 0.0399. The molecule has 2 fully saturated rings. The van der Waals surface area contributed by atoms with Gasteiger partial charge in [-0.15, -0.1) is 0 Å². The summed E-state index contributed by atoms with van der Waals surface area (Å²) < 4.78 is 1.89. The molecule has 2 atom stereocenters. The number of hydrogen-bond donors (Lipinski definition) is 1. The Hall–Kier alpha value is -4.36. The first-order valence-electron chi connectivity index (χ1n) is 13.3. The van der Waals surface area contributed by atoms with Gasteiger partial charge in [-0.2, -0.15) is 5.26 Å². The van der Waals surface area contributed by atoms with E-state index in [0.717, 1.165) is 35.2 Å². The number of aliphatic hydroxyl groups is 1. The zero-order valence-electron chi connectivity index (χ0n) is 22.0. The summed E-state index contributed by atoms with van der Waals surface area (Å²) >= 11 is 0. The molecule has 198 valence electrons. The summed E-state index contributed by atoms with van der Waals surface area (Å²) in [5, 5.41) is 21.3. The number of carbonyl (C=O) groups is 1. The Morgan fingerprint density at radius 3 is 2.56 bits per heavy atom. The van der Waals surface area contributed by atoms with E-state index in [2.05, 4.69) is 32.8 Å². The molecule has 0 unspecified atom stereocenters. The molecule has 2 aliphatic rings. The molecule has 6 rings (SSSR count). The van der Waals surface area contributed by atoms with Crippen molar-refractivity contribution in [3.05, 3.63) is 60.9 Å². The van der Waals surface area contributed by atoms with Crippen LogP contribution in [-0.4, -0.2) is 71.2 Å². The monoisotopic (exact) mass is 522 g/mol. The normalized spacial score (nSPS) is 20.8. The van der Waals surface area contributed by atoms with Gasteiger partial charge < -0.3 is 14.9 Å². The molecule has 0 aromatic carbocycles. The van der Waals surface area contributed by atoms with Gasteiger partial charge in [0.2, 0.25) is 0 Å². The predicted octanol–water partition coefficient (Wildman–Crippen LogP) is 3.48. The number of pyridine rings is 2. The molecular formula is C29H30N8O2. The van der Waals surface area contributed by atoms with Crippen molar-refractivity contribution in [2.75, 3.05) is 18.0 Å². The quantitative estimate of drug-likeness (QED) is 0.432. The second-order valence-corrected chi connectivity index (χ2v) is 10.6. The third kappa shape index (κ3) is 4.29. The third-order valence-electron chi connectivity index (χ3n) is 8.02. The molecule has 10 heteroatoms. The van der Waals surface area contributed by atoms with Crippen LogP contribution in [0.5, 0.6) is 0 Å². The average molecular weight is 523 g/mol. The molecule has 1 saturated carbocycles. The smallest absolute Gasteiger partial charge is 0.254 e. The summed E-state index contributed by atoms with van der Waals surface area (Å²) in [7, 11) is 0. The molecule has 10 nitrogen and oxygen atoms in total. The van der Waals surface area contributed by atoms with Gasteiger partial charge in [-0.1, -0.05) is 0 Å². The minimum atomic E-state index is -1.24. The number of carbonyl (C=O) groups excluding carboxylic acids is 1. The van der Waals surface area contributed by atoms with Crippen LogP contribution in [0, 0.1) is 11.3 Å². The van der Waals surface area contributed by atoms with E-state index in [-0.39, 0.29) is 18.0 Å². The van der Waals surface area contributed by atoms with E-state index < -0.39 is 5.60 Å². The van der Waals surface area contributed by atoms with Crippen LogP contribution in [0.3, 0.4) is 0 Å². The summed E-state index contributed by atoms with van der Waals surface area (Å²) in [6.07, 6.45) is 11.5. The van der Waals surface area contributed by atoms with E-state index >= 15 is 0 Å². The Balaban J connectivity index is 1.44. The first kappa shape index (κ1) is 24.9. The Labute approximate surface area is 226 Å². The molecule has 0 radical (unpaired) electrons. The van der Waals surface area contributed by atoms with Gasteiger partial charge in [-0.3, -0.25) is 14.3 Å². The molecule has 0 bridgehead atoms. The van der Waals surface area contributed by atoms with Crippen molar-refractivity contribution in [3.8, 4) is 23.0 Å². The van der Waals surface area contributed by atoms with E-state index in [1.165, 1.54) is 0 Å². The standard InChI is InChI=1S/C29H30N8O2/c1-19-16-36(28(38)29(39)8-3-4-9-29)20(2)15-35(19)26-25-23(22-6-10-31-11-7-22)17-37(27(25)34-18-33-26)24-13-21(14-30)5-12-32-24/h5-7,10-13,17-20,39H,3-4,8-9,15-16H2,1-2H3/t19-,20+/m0/s1. The van der Waals surface area contributed by atoms with Crippen LogP contribution in [0.2, 0.25) is 0 Å². The highest BCUT2D eigenvalue weighted by Gasteiger charge is 2.45. The van der Waals surface area contributed by atoms with Crippen molar-refractivity contribution < 1.29 is 9.90 Å². The molecule has 1 saturated heterocycles. The van der Waals surface area contributed by atoms with Crippen LogP contribution >= 0.6 is 0 Å². The Kier molecular flexibility index (Phi) is 6.23. The Bertz CT molecular complexity index is 1570. The summed E-state index contributed by atoms with van der Waals surface area (Å²) in [6.45, 7) is 5.17. The molecule has 39 heavy (non-hydrogen) atoms. The van der Waals surface area contributed by atoms with Crippen LogP contribution in [0.15, 0.2) is 55.4 Å². The third-order valence-corrected chi connectivity index (χ3v) is 8.02. The first-order chi connectivity index (χ1) is 18.9. The Morgan fingerprint density at radius 1 is 1.05 bits per heavy atom. The van der Waals surface area contributed by atoms with E-state index in [1.54, 1.807) is 37.1 Å². The largest absolute Gasteiger partial charge is 0.380 e. The van der Waals surface area contributed by atoms with Gasteiger partial charge >= 0.3 is 0 Å². The number of anilines is 1. The van der Waals surface area contributed by atoms with Crippen molar-refractivity contribution in [3.63, 3.8) is 0 Å². The van der Waals surface area contributed by atoms with Gasteiger partial charge in [0.05, 0.1) is 17.0 Å². The topological polar surface area (TPSA) is 124 Å². The van der Waals surface area contributed by atoms with Crippen LogP contribution in [0.1, 0.15) is 45.1 Å². The molecule has 5 heterocycles. The van der Waals surface area contributed by atoms with E-state index in [1.807, 2.05) is 34.7 Å².